The molecule has 2 saturated heterocycles. The number of nitrogens with one attached hydrogen (secondary N) is 1. The zero-order valence-corrected chi connectivity index (χ0v) is 18.4. The first kappa shape index (κ1) is 22.8. The van der Waals surface area contributed by atoms with Gasteiger partial charge in [-0.1, -0.05) is 30.3 Å². The Morgan fingerprint density at radius 1 is 1.00 bits per heavy atom. The first-order chi connectivity index (χ1) is 15.7. The molecule has 12 heteroatoms. The summed E-state index contributed by atoms with van der Waals surface area (Å²) in [6, 6.07) is 13.6. The van der Waals surface area contributed by atoms with E-state index in [2.05, 4.69) is 5.32 Å². The number of ether oxygens (including phenoxy) is 1. The second-order valence-electron chi connectivity index (χ2n) is 7.71. The number of para-hydroxylation sites is 2. The van der Waals surface area contributed by atoms with Crippen LogP contribution in [0.15, 0.2) is 59.5 Å². The first-order valence-corrected chi connectivity index (χ1v) is 11.7. The number of benzene rings is 2. The van der Waals surface area contributed by atoms with Gasteiger partial charge in [0.05, 0.1) is 16.4 Å². The van der Waals surface area contributed by atoms with E-state index in [0.29, 0.717) is 0 Å². The van der Waals surface area contributed by atoms with Crippen molar-refractivity contribution in [2.75, 3.05) is 31.6 Å². The van der Waals surface area contributed by atoms with Gasteiger partial charge in [-0.3, -0.25) is 19.7 Å². The highest BCUT2D eigenvalue weighted by atomic mass is 32.2. The van der Waals surface area contributed by atoms with Crippen LogP contribution in [0.1, 0.15) is 12.8 Å². The molecule has 2 aliphatic heterocycles. The van der Waals surface area contributed by atoms with Crippen molar-refractivity contribution in [3.05, 3.63) is 64.7 Å². The standard InChI is InChI=1S/C21H22N4O7S/c26-19(22-17-8-4-5-9-18(17)25(28)29)20(27)23-12-10-21(11-13-23)24(14-15-32-21)33(30,31)16-6-2-1-3-7-16/h1-9H,10-15H2,(H,22,26). The normalized spacial score (nSPS) is 18.2. The lowest BCUT2D eigenvalue weighted by molar-refractivity contribution is -0.383. The van der Waals surface area contributed by atoms with E-state index in [1.165, 1.54) is 45.6 Å². The fourth-order valence-corrected chi connectivity index (χ4v) is 5.91. The summed E-state index contributed by atoms with van der Waals surface area (Å²) in [4.78, 5) is 37.0. The van der Waals surface area contributed by atoms with Crippen molar-refractivity contribution in [2.45, 2.75) is 23.5 Å². The average molecular weight is 474 g/mol. The van der Waals surface area contributed by atoms with Crippen LogP contribution in [0.2, 0.25) is 0 Å². The van der Waals surface area contributed by atoms with Gasteiger partial charge in [-0.25, -0.2) is 8.42 Å². The van der Waals surface area contributed by atoms with Crippen molar-refractivity contribution < 1.29 is 27.7 Å². The van der Waals surface area contributed by atoms with Crippen molar-refractivity contribution in [1.29, 1.82) is 0 Å². The number of nitrogens with zero attached hydrogens (tertiary/aromatic N) is 3. The molecule has 0 saturated carbocycles. The first-order valence-electron chi connectivity index (χ1n) is 10.3. The van der Waals surface area contributed by atoms with Gasteiger partial charge in [-0.15, -0.1) is 0 Å². The summed E-state index contributed by atoms with van der Waals surface area (Å²) in [5.41, 5.74) is -1.48. The number of likely N-dealkylation sites (tertiary alicyclic amines) is 1. The van der Waals surface area contributed by atoms with Gasteiger partial charge in [0, 0.05) is 38.5 Å². The molecule has 2 aromatic carbocycles. The topological polar surface area (TPSA) is 139 Å². The summed E-state index contributed by atoms with van der Waals surface area (Å²) in [6.07, 6.45) is 0.396. The van der Waals surface area contributed by atoms with E-state index in [9.17, 15) is 28.1 Å². The molecule has 33 heavy (non-hydrogen) atoms. The lowest BCUT2D eigenvalue weighted by atomic mass is 10.0. The SMILES string of the molecule is O=C(Nc1ccccc1[N+](=O)[O-])C(=O)N1CCC2(CC1)OCCN2S(=O)(=O)c1ccccc1. The quantitative estimate of drug-likeness (QED) is 0.403. The maximum Gasteiger partial charge on any atom is 0.314 e. The molecule has 2 heterocycles. The predicted molar refractivity (Wildman–Crippen MR) is 117 cm³/mol. The second-order valence-corrected chi connectivity index (χ2v) is 9.57. The fraction of sp³-hybridized carbons (Fsp3) is 0.333. The maximum absolute atomic E-state index is 13.2. The molecule has 2 fully saturated rings. The minimum atomic E-state index is -3.79. The van der Waals surface area contributed by atoms with E-state index in [-0.39, 0.29) is 55.4 Å². The second kappa shape index (κ2) is 8.89. The van der Waals surface area contributed by atoms with Crippen LogP contribution in [0.25, 0.3) is 0 Å². The number of nitro benzene ring substituents is 1. The molecule has 1 N–H and O–H groups in total. The smallest absolute Gasteiger partial charge is 0.314 e. The number of hydrogen-bond acceptors (Lipinski definition) is 7. The molecule has 0 aromatic heterocycles. The molecular weight excluding hydrogens is 452 g/mol. The van der Waals surface area contributed by atoms with Crippen LogP contribution in [-0.2, 0) is 24.3 Å². The summed E-state index contributed by atoms with van der Waals surface area (Å²) in [6.45, 7) is 0.634. The number of nitro groups is 1. The number of sulfonamides is 1. The summed E-state index contributed by atoms with van der Waals surface area (Å²) < 4.78 is 33.5. The molecular formula is C21H22N4O7S. The molecule has 174 valence electrons. The lowest BCUT2D eigenvalue weighted by Gasteiger charge is -2.42. The largest absolute Gasteiger partial charge is 0.358 e. The number of hydrogen-bond donors (Lipinski definition) is 1. The van der Waals surface area contributed by atoms with Gasteiger partial charge >= 0.3 is 11.8 Å². The van der Waals surface area contributed by atoms with Gasteiger partial charge in [0.1, 0.15) is 11.4 Å². The van der Waals surface area contributed by atoms with Crippen molar-refractivity contribution in [2.24, 2.45) is 0 Å². The van der Waals surface area contributed by atoms with Crippen molar-refractivity contribution >= 4 is 33.2 Å². The molecule has 11 nitrogen and oxygen atoms in total. The molecule has 4 rings (SSSR count). The maximum atomic E-state index is 13.2. The minimum absolute atomic E-state index is 0.0754. The Labute approximate surface area is 190 Å². The highest BCUT2D eigenvalue weighted by Gasteiger charge is 2.51. The lowest BCUT2D eigenvalue weighted by Crippen LogP contribution is -2.56. The third-order valence-corrected chi connectivity index (χ3v) is 7.79. The average Bonchev–Trinajstić information content (AvgIpc) is 3.23. The Bertz CT molecular complexity index is 1180. The minimum Gasteiger partial charge on any atom is -0.358 e. The van der Waals surface area contributed by atoms with Crippen LogP contribution in [-0.4, -0.2) is 66.3 Å². The monoisotopic (exact) mass is 474 g/mol. The number of anilines is 1. The zero-order valence-electron chi connectivity index (χ0n) is 17.5. The van der Waals surface area contributed by atoms with Gasteiger partial charge in [-0.2, -0.15) is 4.31 Å². The third-order valence-electron chi connectivity index (χ3n) is 5.83. The molecule has 0 radical (unpaired) electrons. The van der Waals surface area contributed by atoms with Gasteiger partial charge in [0.25, 0.3) is 5.69 Å². The van der Waals surface area contributed by atoms with E-state index < -0.39 is 32.5 Å². The number of amides is 2. The van der Waals surface area contributed by atoms with Gasteiger partial charge < -0.3 is 15.0 Å². The van der Waals surface area contributed by atoms with Crippen LogP contribution in [0.5, 0.6) is 0 Å². The predicted octanol–water partition coefficient (Wildman–Crippen LogP) is 1.57. The molecule has 2 aliphatic rings. The molecule has 1 spiro atoms. The van der Waals surface area contributed by atoms with Crippen LogP contribution >= 0.6 is 0 Å². The fourth-order valence-electron chi connectivity index (χ4n) is 4.16. The Morgan fingerprint density at radius 3 is 2.30 bits per heavy atom. The summed E-state index contributed by atoms with van der Waals surface area (Å²) >= 11 is 0. The van der Waals surface area contributed by atoms with Gasteiger partial charge in [0.2, 0.25) is 10.0 Å². The van der Waals surface area contributed by atoms with E-state index in [4.69, 9.17) is 4.74 Å². The van der Waals surface area contributed by atoms with E-state index in [1.54, 1.807) is 18.2 Å². The molecule has 0 unspecified atom stereocenters. The van der Waals surface area contributed by atoms with Gasteiger partial charge in [-0.05, 0) is 18.2 Å². The molecule has 2 aromatic rings. The van der Waals surface area contributed by atoms with Crippen LogP contribution < -0.4 is 5.32 Å². The van der Waals surface area contributed by atoms with Crippen molar-refractivity contribution in [3.63, 3.8) is 0 Å². The Hall–Kier alpha value is -3.35. The molecule has 2 amide bonds. The summed E-state index contributed by atoms with van der Waals surface area (Å²) in [7, 11) is -3.79. The summed E-state index contributed by atoms with van der Waals surface area (Å²) in [5.74, 6) is -1.85. The number of carbonyl (C=O) groups excluding carboxylic acids is 2. The van der Waals surface area contributed by atoms with E-state index in [0.717, 1.165) is 0 Å². The van der Waals surface area contributed by atoms with E-state index in [1.807, 2.05) is 0 Å². The van der Waals surface area contributed by atoms with Crippen molar-refractivity contribution in [3.8, 4) is 0 Å². The van der Waals surface area contributed by atoms with Gasteiger partial charge in [0.15, 0.2) is 0 Å². The highest BCUT2D eigenvalue weighted by Crippen LogP contribution is 2.38. The Balaban J connectivity index is 1.44. The molecule has 0 aliphatic carbocycles. The number of rotatable bonds is 4. The van der Waals surface area contributed by atoms with Crippen LogP contribution in [0.4, 0.5) is 11.4 Å². The van der Waals surface area contributed by atoms with E-state index >= 15 is 0 Å². The molecule has 0 bridgehead atoms. The van der Waals surface area contributed by atoms with Crippen LogP contribution in [0.3, 0.4) is 0 Å². The third kappa shape index (κ3) is 4.32. The number of piperidine rings is 1. The zero-order chi connectivity index (χ0) is 23.6. The number of carbonyl (C=O) groups is 2. The van der Waals surface area contributed by atoms with Crippen LogP contribution in [0, 0.1) is 10.1 Å². The molecule has 0 atom stereocenters. The highest BCUT2D eigenvalue weighted by molar-refractivity contribution is 7.89. The Kier molecular flexibility index (Phi) is 6.15. The van der Waals surface area contributed by atoms with Crippen molar-refractivity contribution in [1.82, 2.24) is 9.21 Å². The summed E-state index contributed by atoms with van der Waals surface area (Å²) in [5, 5.41) is 13.4. The Morgan fingerprint density at radius 2 is 1.64 bits per heavy atom.